The van der Waals surface area contributed by atoms with Gasteiger partial charge in [-0.15, -0.1) is 24.8 Å². The predicted molar refractivity (Wildman–Crippen MR) is 151 cm³/mol. The first-order valence-corrected chi connectivity index (χ1v) is 24.9. The number of pyridine rings is 2. The van der Waals surface area contributed by atoms with E-state index in [2.05, 4.69) is 89.6 Å². The Balaban J connectivity index is 0.00000162. The summed E-state index contributed by atoms with van der Waals surface area (Å²) in [7, 11) is 0. The summed E-state index contributed by atoms with van der Waals surface area (Å²) < 4.78 is 7.55. The van der Waals surface area contributed by atoms with E-state index >= 15 is 0 Å². The van der Waals surface area contributed by atoms with Crippen LogP contribution in [0.25, 0.3) is 28.6 Å². The molecule has 1 unspecified atom stereocenters. The molecule has 5 rings (SSSR count). The van der Waals surface area contributed by atoms with E-state index in [4.69, 9.17) is 4.98 Å². The molecule has 2 aliphatic carbocycles. The molecule has 0 amide bonds. The van der Waals surface area contributed by atoms with Gasteiger partial charge in [0.15, 0.2) is 0 Å². The van der Waals surface area contributed by atoms with E-state index in [0.717, 1.165) is 17.8 Å². The fourth-order valence-corrected chi connectivity index (χ4v) is 24.8. The minimum atomic E-state index is -3.32. The van der Waals surface area contributed by atoms with Crippen molar-refractivity contribution in [1.29, 1.82) is 0 Å². The van der Waals surface area contributed by atoms with Crippen molar-refractivity contribution in [1.82, 2.24) is 9.97 Å². The molecular weight excluding hydrogens is 555 g/mol. The molecule has 3 aromatic rings. The van der Waals surface area contributed by atoms with Crippen molar-refractivity contribution in [2.24, 2.45) is 0 Å². The van der Waals surface area contributed by atoms with Crippen molar-refractivity contribution in [3.8, 4) is 22.5 Å². The molecule has 0 saturated carbocycles. The fraction of sp³-hybridized carbons (Fsp3) is 0.214. The van der Waals surface area contributed by atoms with Gasteiger partial charge in [0, 0.05) is 0 Å². The van der Waals surface area contributed by atoms with Gasteiger partial charge in [-0.2, -0.15) is 0 Å². The molecule has 6 heteroatoms. The van der Waals surface area contributed by atoms with Gasteiger partial charge < -0.3 is 0 Å². The number of nitrogens with zero attached hydrogens (tertiary/aromatic N) is 2. The quantitative estimate of drug-likeness (QED) is 0.293. The second-order valence-corrected chi connectivity index (χ2v) is 39.9. The smallest absolute Gasteiger partial charge is 0.147 e. The summed E-state index contributed by atoms with van der Waals surface area (Å²) in [5, 5.41) is 0. The van der Waals surface area contributed by atoms with Crippen molar-refractivity contribution in [3.63, 3.8) is 0 Å². The third kappa shape index (κ3) is 4.51. The number of hydrogen-bond acceptors (Lipinski definition) is 2. The zero-order valence-electron chi connectivity index (χ0n) is 20.2. The van der Waals surface area contributed by atoms with Crippen molar-refractivity contribution in [2.45, 2.75) is 33.2 Å². The van der Waals surface area contributed by atoms with E-state index in [1.165, 1.54) is 33.4 Å². The summed E-state index contributed by atoms with van der Waals surface area (Å²) in [6.45, 7) is 7.02. The van der Waals surface area contributed by atoms with E-state index in [1.54, 1.807) is 3.28 Å². The monoisotopic (exact) mass is 584 g/mol. The first kappa shape index (κ1) is 27.0. The maximum absolute atomic E-state index is 4.73. The molecule has 2 aliphatic rings. The summed E-state index contributed by atoms with van der Waals surface area (Å²) in [6.07, 6.45) is 12.0. The molecule has 0 N–H and O–H groups in total. The summed E-state index contributed by atoms with van der Waals surface area (Å²) in [5.74, 6) is 0. The topological polar surface area (TPSA) is 25.8 Å². The Bertz CT molecular complexity index is 1390. The summed E-state index contributed by atoms with van der Waals surface area (Å²) in [4.78, 5) is 9.41. The van der Waals surface area contributed by atoms with Crippen molar-refractivity contribution >= 4 is 37.8 Å². The van der Waals surface area contributed by atoms with Gasteiger partial charge >= 0.3 is 195 Å². The minimum absolute atomic E-state index is 0. The number of hydrogen-bond donors (Lipinski definition) is 0. The Hall–Kier alpha value is -1.58. The number of rotatable bonds is 4. The molecule has 0 bridgehead atoms. The van der Waals surface area contributed by atoms with E-state index in [9.17, 15) is 0 Å². The van der Waals surface area contributed by atoms with Crippen LogP contribution in [0.2, 0.25) is 9.26 Å². The Morgan fingerprint density at radius 3 is 2.12 bits per heavy atom. The number of halogens is 2. The van der Waals surface area contributed by atoms with Crippen molar-refractivity contribution in [3.05, 3.63) is 98.6 Å². The zero-order valence-corrected chi connectivity index (χ0v) is 25.7. The molecule has 2 nitrogen and oxygen atoms in total. The number of allylic oxidation sites excluding steroid dienone is 5. The fourth-order valence-electron chi connectivity index (χ4n) is 6.05. The van der Waals surface area contributed by atoms with Crippen LogP contribution < -0.4 is 0 Å². The summed E-state index contributed by atoms with van der Waals surface area (Å²) >= 11 is -3.32. The third-order valence-corrected chi connectivity index (χ3v) is 25.1. The third-order valence-electron chi connectivity index (χ3n) is 7.33. The second kappa shape index (κ2) is 9.82. The van der Waals surface area contributed by atoms with Crippen LogP contribution in [-0.4, -0.2) is 16.8 Å². The zero-order chi connectivity index (χ0) is 22.5. The largest absolute Gasteiger partial charge is 0.147 e. The van der Waals surface area contributed by atoms with Gasteiger partial charge in [0.2, 0.25) is 0 Å². The molecule has 1 atom stereocenters. The average Bonchev–Trinajstić information content (AvgIpc) is 3.37. The van der Waals surface area contributed by atoms with Crippen LogP contribution >= 0.6 is 24.8 Å². The molecule has 0 fully saturated rings. The van der Waals surface area contributed by atoms with Crippen LogP contribution in [0.5, 0.6) is 0 Å². The molecule has 34 heavy (non-hydrogen) atoms. The van der Waals surface area contributed by atoms with Crippen LogP contribution in [0.15, 0.2) is 87.5 Å². The SMILES string of the molecule is CC1=Cc2c(-c3ccccn3)cc(-c3ccccn3)cc2[CH]1[Zr]([CH3])([CH3])(=[SiH2])[C]1=C(C)C=CC1.Cl.Cl. The number of aromatic nitrogens is 2. The first-order valence-electron chi connectivity index (χ1n) is 11.4. The Kier molecular flexibility index (Phi) is 7.80. The van der Waals surface area contributed by atoms with Crippen LogP contribution in [0, 0.1) is 0 Å². The molecule has 176 valence electrons. The number of benzene rings is 1. The van der Waals surface area contributed by atoms with Crippen LogP contribution in [0.3, 0.4) is 0 Å². The van der Waals surface area contributed by atoms with Crippen molar-refractivity contribution < 1.29 is 17.4 Å². The van der Waals surface area contributed by atoms with Crippen LogP contribution in [-0.2, 0) is 17.4 Å². The van der Waals surface area contributed by atoms with E-state index in [1.807, 2.05) is 24.5 Å². The maximum Gasteiger partial charge on any atom is -0.147 e. The molecule has 2 aromatic heterocycles. The van der Waals surface area contributed by atoms with Gasteiger partial charge in [-0.1, -0.05) is 0 Å². The van der Waals surface area contributed by atoms with Gasteiger partial charge in [-0.3, -0.25) is 0 Å². The van der Waals surface area contributed by atoms with Crippen molar-refractivity contribution in [2.75, 3.05) is 0 Å². The van der Waals surface area contributed by atoms with Gasteiger partial charge in [0.1, 0.15) is 0 Å². The average molecular weight is 587 g/mol. The van der Waals surface area contributed by atoms with Crippen LogP contribution in [0.1, 0.15) is 35.0 Å². The summed E-state index contributed by atoms with van der Waals surface area (Å²) in [5.41, 5.74) is 10.3. The summed E-state index contributed by atoms with van der Waals surface area (Å²) in [6, 6.07) is 17.1. The van der Waals surface area contributed by atoms with Gasteiger partial charge in [0.05, 0.1) is 0 Å². The van der Waals surface area contributed by atoms with Gasteiger partial charge in [0.25, 0.3) is 0 Å². The Labute approximate surface area is 218 Å². The normalized spacial score (nSPS) is 17.1. The molecule has 0 aliphatic heterocycles. The minimum Gasteiger partial charge on any atom is -0.147 e. The van der Waals surface area contributed by atoms with E-state index < -0.39 is 17.4 Å². The molecule has 1 aromatic carbocycles. The Morgan fingerprint density at radius 1 is 0.912 bits per heavy atom. The van der Waals surface area contributed by atoms with Gasteiger partial charge in [-0.25, -0.2) is 0 Å². The van der Waals surface area contributed by atoms with Crippen LogP contribution in [0.4, 0.5) is 0 Å². The molecular formula is C28H32Cl2N2SiZr. The van der Waals surface area contributed by atoms with E-state index in [-0.39, 0.29) is 24.8 Å². The molecule has 2 heterocycles. The molecule has 0 saturated heterocycles. The standard InChI is InChI=1S/C20H15N2.C6H7.2CH3.2ClH.H2Si.Zr/c1-14-10-15-12-16(19-6-2-4-8-21-19)13-18(17(15)11-14)20-7-3-5-9-22-20;1-6-4-2-3-5-6;;;;;;/h2-13H,1H3;2,4H,3H2,1H3;2*1H3;2*1H;1H2;. The Morgan fingerprint density at radius 2 is 1.56 bits per heavy atom. The first-order chi connectivity index (χ1) is 15.2. The second-order valence-electron chi connectivity index (χ2n) is 10.4. The maximum atomic E-state index is 4.73. The van der Waals surface area contributed by atoms with E-state index in [0.29, 0.717) is 3.63 Å². The predicted octanol–water partition coefficient (Wildman–Crippen LogP) is 7.68. The molecule has 0 radical (unpaired) electrons. The number of fused-ring (bicyclic) bond motifs is 1. The van der Waals surface area contributed by atoms with Gasteiger partial charge in [-0.05, 0) is 0 Å². The molecule has 0 spiro atoms.